The Hall–Kier alpha value is -3.88. The molecule has 0 fully saturated rings. The van der Waals surface area contributed by atoms with Gasteiger partial charge in [-0.1, -0.05) is 18.2 Å². The van der Waals surface area contributed by atoms with Crippen LogP contribution in [0.1, 0.15) is 47.0 Å². The molecule has 3 aromatic rings. The third-order valence-electron chi connectivity index (χ3n) is 4.91. The number of benzene rings is 1. The SMILES string of the molecule is CCN(Nc1ncccn1)C(=O)c1ccc(C(=O)NCC(NS(=O)(=O)c2ccccc2)C(=O)OC(C)(C)C)s1. The number of amides is 2. The van der Waals surface area contributed by atoms with E-state index < -0.39 is 39.4 Å². The fraction of sp³-hybridized carbons (Fsp3) is 0.320. The van der Waals surface area contributed by atoms with Crippen LogP contribution in [0.5, 0.6) is 0 Å². The molecule has 0 spiro atoms. The van der Waals surface area contributed by atoms with Crippen LogP contribution >= 0.6 is 11.3 Å². The van der Waals surface area contributed by atoms with E-state index in [9.17, 15) is 22.8 Å². The minimum Gasteiger partial charge on any atom is -0.459 e. The van der Waals surface area contributed by atoms with Crippen molar-refractivity contribution in [2.45, 2.75) is 44.2 Å². The minimum absolute atomic E-state index is 0.0405. The average molecular weight is 575 g/mol. The summed E-state index contributed by atoms with van der Waals surface area (Å²) in [5.74, 6) is -1.59. The maximum Gasteiger partial charge on any atom is 0.326 e. The predicted octanol–water partition coefficient (Wildman–Crippen LogP) is 2.45. The van der Waals surface area contributed by atoms with Crippen LogP contribution in [0.4, 0.5) is 5.95 Å². The predicted molar refractivity (Wildman–Crippen MR) is 145 cm³/mol. The average Bonchev–Trinajstić information content (AvgIpc) is 3.40. The van der Waals surface area contributed by atoms with Gasteiger partial charge in [-0.2, -0.15) is 4.72 Å². The first kappa shape index (κ1) is 29.7. The molecular weight excluding hydrogens is 544 g/mol. The number of carbonyl (C=O) groups excluding carboxylic acids is 3. The molecule has 14 heteroatoms. The van der Waals surface area contributed by atoms with Gasteiger partial charge in [-0.3, -0.25) is 19.8 Å². The highest BCUT2D eigenvalue weighted by Crippen LogP contribution is 2.19. The summed E-state index contributed by atoms with van der Waals surface area (Å²) in [4.78, 5) is 47.1. The van der Waals surface area contributed by atoms with Crippen LogP contribution in [0.2, 0.25) is 0 Å². The molecule has 2 aromatic heterocycles. The van der Waals surface area contributed by atoms with Crippen molar-refractivity contribution in [2.75, 3.05) is 18.5 Å². The lowest BCUT2D eigenvalue weighted by Gasteiger charge is -2.24. The smallest absolute Gasteiger partial charge is 0.326 e. The van der Waals surface area contributed by atoms with Gasteiger partial charge in [-0.05, 0) is 58.0 Å². The van der Waals surface area contributed by atoms with Crippen molar-refractivity contribution >= 4 is 45.1 Å². The summed E-state index contributed by atoms with van der Waals surface area (Å²) in [6, 6.07) is 10.8. The van der Waals surface area contributed by atoms with Crippen LogP contribution in [-0.4, -0.2) is 65.9 Å². The number of carbonyl (C=O) groups is 3. The molecular formula is C25H30N6O6S2. The van der Waals surface area contributed by atoms with Gasteiger partial charge in [0.2, 0.25) is 16.0 Å². The molecule has 1 aromatic carbocycles. The number of hydrogen-bond donors (Lipinski definition) is 3. The van der Waals surface area contributed by atoms with E-state index >= 15 is 0 Å². The van der Waals surface area contributed by atoms with E-state index in [1.165, 1.54) is 41.7 Å². The van der Waals surface area contributed by atoms with E-state index in [1.54, 1.807) is 52.0 Å². The van der Waals surface area contributed by atoms with Crippen LogP contribution in [0.15, 0.2) is 65.8 Å². The lowest BCUT2D eigenvalue weighted by atomic mass is 10.2. The van der Waals surface area contributed by atoms with Crippen molar-refractivity contribution in [3.8, 4) is 0 Å². The second-order valence-corrected chi connectivity index (χ2v) is 11.9. The third kappa shape index (κ3) is 8.56. The Morgan fingerprint density at radius 2 is 1.64 bits per heavy atom. The Morgan fingerprint density at radius 1 is 1.00 bits per heavy atom. The zero-order chi connectivity index (χ0) is 28.6. The van der Waals surface area contributed by atoms with Gasteiger partial charge in [0.25, 0.3) is 11.8 Å². The Balaban J connectivity index is 1.70. The number of aromatic nitrogens is 2. The maximum absolute atomic E-state index is 12.9. The highest BCUT2D eigenvalue weighted by atomic mass is 32.2. The van der Waals surface area contributed by atoms with E-state index in [1.807, 2.05) is 0 Å². The summed E-state index contributed by atoms with van der Waals surface area (Å²) in [5, 5.41) is 3.86. The van der Waals surface area contributed by atoms with E-state index in [4.69, 9.17) is 4.74 Å². The number of ether oxygens (including phenoxy) is 1. The van der Waals surface area contributed by atoms with Crippen LogP contribution in [0.3, 0.4) is 0 Å². The Bertz CT molecular complexity index is 1390. The quantitative estimate of drug-likeness (QED) is 0.231. The minimum atomic E-state index is -4.08. The number of hydrogen-bond acceptors (Lipinski definition) is 10. The molecule has 1 atom stereocenters. The standard InChI is InChI=1S/C25H30N6O6S2/c1-5-31(29-24-26-14-9-15-27-24)22(33)20-13-12-19(38-20)21(32)28-16-18(23(34)37-25(2,3)4)30-39(35,36)17-10-7-6-8-11-17/h6-15,18,30H,5,16H2,1-4H3,(H,28,32)(H,26,27,29). The largest absolute Gasteiger partial charge is 0.459 e. The lowest BCUT2D eigenvalue weighted by Crippen LogP contribution is -2.50. The number of nitrogens with zero attached hydrogens (tertiary/aromatic N) is 3. The van der Waals surface area contributed by atoms with Crippen LogP contribution in [-0.2, 0) is 19.6 Å². The summed E-state index contributed by atoms with van der Waals surface area (Å²) >= 11 is 0.945. The van der Waals surface area contributed by atoms with Crippen molar-refractivity contribution in [2.24, 2.45) is 0 Å². The summed E-state index contributed by atoms with van der Waals surface area (Å²) in [7, 11) is -4.08. The molecule has 0 radical (unpaired) electrons. The molecule has 1 unspecified atom stereocenters. The number of rotatable bonds is 11. The van der Waals surface area contributed by atoms with Crippen molar-refractivity contribution in [3.05, 3.63) is 70.7 Å². The third-order valence-corrected chi connectivity index (χ3v) is 7.47. The number of hydrazine groups is 1. The molecule has 2 amide bonds. The van der Waals surface area contributed by atoms with Gasteiger partial charge in [0.1, 0.15) is 11.6 Å². The molecule has 39 heavy (non-hydrogen) atoms. The van der Waals surface area contributed by atoms with Crippen LogP contribution in [0, 0.1) is 0 Å². The molecule has 0 bridgehead atoms. The summed E-state index contributed by atoms with van der Waals surface area (Å²) < 4.78 is 33.4. The van der Waals surface area contributed by atoms with Crippen molar-refractivity contribution in [1.82, 2.24) is 25.0 Å². The molecule has 0 saturated carbocycles. The van der Waals surface area contributed by atoms with Gasteiger partial charge in [0, 0.05) is 25.5 Å². The van der Waals surface area contributed by atoms with E-state index in [2.05, 4.69) is 25.4 Å². The zero-order valence-corrected chi connectivity index (χ0v) is 23.5. The number of thiophene rings is 1. The number of sulfonamides is 1. The van der Waals surface area contributed by atoms with Gasteiger partial charge < -0.3 is 10.1 Å². The Morgan fingerprint density at radius 3 is 2.26 bits per heavy atom. The first-order valence-corrected chi connectivity index (χ1v) is 14.2. The monoisotopic (exact) mass is 574 g/mol. The number of anilines is 1. The molecule has 2 heterocycles. The Kier molecular flexibility index (Phi) is 9.72. The van der Waals surface area contributed by atoms with E-state index in [0.717, 1.165) is 11.3 Å². The molecule has 0 saturated heterocycles. The van der Waals surface area contributed by atoms with Crippen molar-refractivity contribution in [3.63, 3.8) is 0 Å². The number of nitrogens with one attached hydrogen (secondary N) is 3. The first-order valence-electron chi connectivity index (χ1n) is 11.9. The summed E-state index contributed by atoms with van der Waals surface area (Å²) in [6.07, 6.45) is 3.07. The second-order valence-electron chi connectivity index (χ2n) is 9.13. The Labute approximate surface area is 230 Å². The second kappa shape index (κ2) is 12.8. The van der Waals surface area contributed by atoms with Crippen molar-refractivity contribution < 1.29 is 27.5 Å². The number of esters is 1. The first-order chi connectivity index (χ1) is 18.4. The van der Waals surface area contributed by atoms with Gasteiger partial charge in [0.05, 0.1) is 14.6 Å². The van der Waals surface area contributed by atoms with Gasteiger partial charge in [0.15, 0.2) is 0 Å². The zero-order valence-electron chi connectivity index (χ0n) is 21.9. The molecule has 208 valence electrons. The maximum atomic E-state index is 12.9. The molecule has 3 rings (SSSR count). The summed E-state index contributed by atoms with van der Waals surface area (Å²) in [6.45, 7) is 6.63. The van der Waals surface area contributed by atoms with Crippen LogP contribution < -0.4 is 15.5 Å². The molecule has 3 N–H and O–H groups in total. The van der Waals surface area contributed by atoms with Crippen molar-refractivity contribution in [1.29, 1.82) is 0 Å². The lowest BCUT2D eigenvalue weighted by molar-refractivity contribution is -0.156. The summed E-state index contributed by atoms with van der Waals surface area (Å²) in [5.41, 5.74) is 1.94. The van der Waals surface area contributed by atoms with E-state index in [-0.39, 0.29) is 27.1 Å². The molecule has 0 aliphatic carbocycles. The molecule has 0 aliphatic rings. The normalized spacial score (nSPS) is 12.3. The molecule has 0 aliphatic heterocycles. The van der Waals surface area contributed by atoms with Gasteiger partial charge in [-0.15, -0.1) is 11.3 Å². The highest BCUT2D eigenvalue weighted by molar-refractivity contribution is 7.89. The van der Waals surface area contributed by atoms with Crippen LogP contribution in [0.25, 0.3) is 0 Å². The fourth-order valence-corrected chi connectivity index (χ4v) is 5.22. The van der Waals surface area contributed by atoms with Gasteiger partial charge >= 0.3 is 5.97 Å². The van der Waals surface area contributed by atoms with E-state index in [0.29, 0.717) is 6.54 Å². The molecule has 12 nitrogen and oxygen atoms in total. The highest BCUT2D eigenvalue weighted by Gasteiger charge is 2.30. The topological polar surface area (TPSA) is 160 Å². The fourth-order valence-electron chi connectivity index (χ4n) is 3.14. The van der Waals surface area contributed by atoms with Gasteiger partial charge in [-0.25, -0.2) is 23.4 Å².